The average molecular weight is 364 g/mol. The summed E-state index contributed by atoms with van der Waals surface area (Å²) in [5.74, 6) is -0.650. The van der Waals surface area contributed by atoms with Crippen LogP contribution in [-0.4, -0.2) is 46.8 Å². The van der Waals surface area contributed by atoms with Crippen LogP contribution in [0.15, 0.2) is 24.3 Å². The summed E-state index contributed by atoms with van der Waals surface area (Å²) < 4.78 is 0. The predicted octanol–water partition coefficient (Wildman–Crippen LogP) is 2.51. The van der Waals surface area contributed by atoms with Crippen molar-refractivity contribution in [1.29, 1.82) is 0 Å². The lowest BCUT2D eigenvalue weighted by Crippen LogP contribution is -2.48. The second kappa shape index (κ2) is 6.67. The molecule has 0 bridgehead atoms. The molecule has 0 aromatic heterocycles. The Morgan fingerprint density at radius 2 is 2.04 bits per heavy atom. The van der Waals surface area contributed by atoms with E-state index in [-0.39, 0.29) is 18.5 Å². The first-order chi connectivity index (χ1) is 11.8. The van der Waals surface area contributed by atoms with Gasteiger partial charge in [0.1, 0.15) is 12.1 Å². The number of hydrogen-bond donors (Lipinski definition) is 1. The van der Waals surface area contributed by atoms with Gasteiger partial charge in [-0.3, -0.25) is 14.5 Å². The SMILES string of the molecule is CC1CCCCN1C(=O)CN1C(=O)NC(C)(c2ccccc2Cl)C1=O. The van der Waals surface area contributed by atoms with Crippen molar-refractivity contribution in [3.05, 3.63) is 34.9 Å². The number of piperidine rings is 1. The van der Waals surface area contributed by atoms with Crippen LogP contribution in [0, 0.1) is 0 Å². The molecule has 1 N–H and O–H groups in total. The van der Waals surface area contributed by atoms with Gasteiger partial charge in [0.2, 0.25) is 5.91 Å². The van der Waals surface area contributed by atoms with Crippen molar-refractivity contribution in [3.8, 4) is 0 Å². The number of rotatable bonds is 3. The lowest BCUT2D eigenvalue weighted by atomic mass is 9.92. The van der Waals surface area contributed by atoms with Crippen molar-refractivity contribution in [3.63, 3.8) is 0 Å². The number of halogens is 1. The third-order valence-corrected chi connectivity index (χ3v) is 5.43. The number of benzene rings is 1. The maximum Gasteiger partial charge on any atom is 0.325 e. The van der Waals surface area contributed by atoms with Gasteiger partial charge in [0.15, 0.2) is 0 Å². The van der Waals surface area contributed by atoms with Crippen molar-refractivity contribution in [1.82, 2.24) is 15.1 Å². The Kier molecular flexibility index (Phi) is 4.73. The van der Waals surface area contributed by atoms with E-state index in [1.165, 1.54) is 0 Å². The number of hydrogen-bond acceptors (Lipinski definition) is 3. The van der Waals surface area contributed by atoms with Gasteiger partial charge in [0.05, 0.1) is 0 Å². The second-order valence-corrected chi connectivity index (χ2v) is 7.27. The third kappa shape index (κ3) is 3.11. The summed E-state index contributed by atoms with van der Waals surface area (Å²) in [6.07, 6.45) is 3.00. The molecule has 2 aliphatic rings. The summed E-state index contributed by atoms with van der Waals surface area (Å²) in [7, 11) is 0. The van der Waals surface area contributed by atoms with Crippen molar-refractivity contribution in [2.45, 2.75) is 44.7 Å². The Morgan fingerprint density at radius 3 is 2.72 bits per heavy atom. The van der Waals surface area contributed by atoms with E-state index in [1.54, 1.807) is 36.1 Å². The Bertz CT molecular complexity index is 723. The molecule has 0 spiro atoms. The molecule has 25 heavy (non-hydrogen) atoms. The van der Waals surface area contributed by atoms with Crippen LogP contribution in [0.25, 0.3) is 0 Å². The van der Waals surface area contributed by atoms with Crippen LogP contribution in [0.2, 0.25) is 5.02 Å². The van der Waals surface area contributed by atoms with Gasteiger partial charge in [-0.2, -0.15) is 0 Å². The smallest absolute Gasteiger partial charge is 0.325 e. The molecule has 2 aliphatic heterocycles. The average Bonchev–Trinajstić information content (AvgIpc) is 2.79. The number of nitrogens with zero attached hydrogens (tertiary/aromatic N) is 2. The minimum absolute atomic E-state index is 0.136. The molecular formula is C18H22ClN3O3. The summed E-state index contributed by atoms with van der Waals surface area (Å²) in [4.78, 5) is 40.6. The summed E-state index contributed by atoms with van der Waals surface area (Å²) in [5.41, 5.74) is -0.736. The molecule has 2 atom stereocenters. The number of carbonyl (C=O) groups excluding carboxylic acids is 3. The van der Waals surface area contributed by atoms with Crippen LogP contribution in [0.3, 0.4) is 0 Å². The minimum Gasteiger partial charge on any atom is -0.338 e. The Hall–Kier alpha value is -2.08. The molecule has 3 rings (SSSR count). The van der Waals surface area contributed by atoms with E-state index in [1.807, 2.05) is 6.92 Å². The van der Waals surface area contributed by atoms with E-state index in [0.717, 1.165) is 24.2 Å². The first-order valence-corrected chi connectivity index (χ1v) is 8.91. The topological polar surface area (TPSA) is 69.7 Å². The molecule has 4 amide bonds. The molecular weight excluding hydrogens is 342 g/mol. The third-order valence-electron chi connectivity index (χ3n) is 5.10. The Balaban J connectivity index is 1.80. The van der Waals surface area contributed by atoms with E-state index < -0.39 is 17.5 Å². The molecule has 2 fully saturated rings. The number of urea groups is 1. The predicted molar refractivity (Wildman–Crippen MR) is 94.1 cm³/mol. The zero-order chi connectivity index (χ0) is 18.2. The molecule has 2 unspecified atom stereocenters. The van der Waals surface area contributed by atoms with Gasteiger partial charge in [-0.05, 0) is 39.2 Å². The molecule has 134 valence electrons. The summed E-state index contributed by atoms with van der Waals surface area (Å²) >= 11 is 6.20. The number of likely N-dealkylation sites (tertiary alicyclic amines) is 1. The van der Waals surface area contributed by atoms with Crippen molar-refractivity contribution in [2.75, 3.05) is 13.1 Å². The van der Waals surface area contributed by atoms with E-state index in [9.17, 15) is 14.4 Å². The van der Waals surface area contributed by atoms with E-state index >= 15 is 0 Å². The summed E-state index contributed by atoms with van der Waals surface area (Å²) in [6, 6.07) is 6.47. The van der Waals surface area contributed by atoms with Crippen LogP contribution >= 0.6 is 11.6 Å². The minimum atomic E-state index is -1.26. The second-order valence-electron chi connectivity index (χ2n) is 6.86. The highest BCUT2D eigenvalue weighted by Gasteiger charge is 2.50. The quantitative estimate of drug-likeness (QED) is 0.839. The highest BCUT2D eigenvalue weighted by Crippen LogP contribution is 2.33. The molecule has 2 heterocycles. The maximum absolute atomic E-state index is 12.9. The monoisotopic (exact) mass is 363 g/mol. The first kappa shape index (κ1) is 17.7. The first-order valence-electron chi connectivity index (χ1n) is 8.53. The molecule has 0 radical (unpaired) electrons. The van der Waals surface area contributed by atoms with Gasteiger partial charge >= 0.3 is 6.03 Å². The van der Waals surface area contributed by atoms with Gasteiger partial charge < -0.3 is 10.2 Å². The van der Waals surface area contributed by atoms with Crippen molar-refractivity contribution in [2.24, 2.45) is 0 Å². The zero-order valence-electron chi connectivity index (χ0n) is 14.4. The molecule has 7 heteroatoms. The zero-order valence-corrected chi connectivity index (χ0v) is 15.2. The maximum atomic E-state index is 12.9. The van der Waals surface area contributed by atoms with Gasteiger partial charge in [0, 0.05) is 23.2 Å². The standard InChI is InChI=1S/C18H22ClN3O3/c1-12-7-5-6-10-21(12)15(23)11-22-16(24)18(2,20-17(22)25)13-8-3-4-9-14(13)19/h3-4,8-9,12H,5-7,10-11H2,1-2H3,(H,20,25). The van der Waals surface area contributed by atoms with Crippen LogP contribution < -0.4 is 5.32 Å². The van der Waals surface area contributed by atoms with Crippen LogP contribution in [0.1, 0.15) is 38.7 Å². The molecule has 6 nitrogen and oxygen atoms in total. The number of carbonyl (C=O) groups is 3. The van der Waals surface area contributed by atoms with Crippen LogP contribution in [0.5, 0.6) is 0 Å². The van der Waals surface area contributed by atoms with Gasteiger partial charge in [-0.1, -0.05) is 29.8 Å². The van der Waals surface area contributed by atoms with E-state index in [4.69, 9.17) is 11.6 Å². The highest BCUT2D eigenvalue weighted by molar-refractivity contribution is 6.32. The van der Waals surface area contributed by atoms with Crippen molar-refractivity contribution < 1.29 is 14.4 Å². The molecule has 0 aliphatic carbocycles. The van der Waals surface area contributed by atoms with Gasteiger partial charge in [0.25, 0.3) is 5.91 Å². The Morgan fingerprint density at radius 1 is 1.32 bits per heavy atom. The fourth-order valence-electron chi connectivity index (χ4n) is 3.58. The summed E-state index contributed by atoms with van der Waals surface area (Å²) in [5, 5.41) is 3.09. The van der Waals surface area contributed by atoms with Gasteiger partial charge in [-0.25, -0.2) is 4.79 Å². The van der Waals surface area contributed by atoms with E-state index in [2.05, 4.69) is 5.32 Å². The Labute approximate surface area is 152 Å². The summed E-state index contributed by atoms with van der Waals surface area (Å²) in [6.45, 7) is 4.04. The number of imide groups is 1. The van der Waals surface area contributed by atoms with Crippen molar-refractivity contribution >= 4 is 29.4 Å². The fraction of sp³-hybridized carbons (Fsp3) is 0.500. The highest BCUT2D eigenvalue weighted by atomic mass is 35.5. The fourth-order valence-corrected chi connectivity index (χ4v) is 3.91. The normalized spacial score (nSPS) is 26.8. The van der Waals surface area contributed by atoms with Crippen LogP contribution in [0.4, 0.5) is 4.79 Å². The van der Waals surface area contributed by atoms with Crippen LogP contribution in [-0.2, 0) is 15.1 Å². The largest absolute Gasteiger partial charge is 0.338 e. The molecule has 1 aromatic carbocycles. The number of amides is 4. The van der Waals surface area contributed by atoms with Gasteiger partial charge in [-0.15, -0.1) is 0 Å². The lowest BCUT2D eigenvalue weighted by Gasteiger charge is -2.34. The molecule has 1 aromatic rings. The number of nitrogens with one attached hydrogen (secondary N) is 1. The van der Waals surface area contributed by atoms with E-state index in [0.29, 0.717) is 17.1 Å². The molecule has 2 saturated heterocycles. The lowest BCUT2D eigenvalue weighted by molar-refractivity contribution is -0.140. The molecule has 0 saturated carbocycles.